The van der Waals surface area contributed by atoms with Gasteiger partial charge < -0.3 is 24.8 Å². The maximum Gasteiger partial charge on any atom is -1.00 e. The summed E-state index contributed by atoms with van der Waals surface area (Å²) >= 11 is -2.71. The van der Waals surface area contributed by atoms with Crippen molar-refractivity contribution in [3.05, 3.63) is 127 Å². The molecule has 4 aromatic carbocycles. The van der Waals surface area contributed by atoms with E-state index in [4.69, 9.17) is 0 Å². The molecule has 0 amide bonds. The van der Waals surface area contributed by atoms with Gasteiger partial charge in [0.2, 0.25) is 0 Å². The van der Waals surface area contributed by atoms with Crippen molar-refractivity contribution in [3.63, 3.8) is 0 Å². The summed E-state index contributed by atoms with van der Waals surface area (Å²) in [5.74, 6) is 0. The summed E-state index contributed by atoms with van der Waals surface area (Å²) in [6.45, 7) is 18.8. The Bertz CT molecular complexity index is 1710. The van der Waals surface area contributed by atoms with Crippen molar-refractivity contribution in [3.8, 4) is 22.3 Å². The molecule has 7 rings (SSSR count). The minimum absolute atomic E-state index is 0. The quantitative estimate of drug-likeness (QED) is 0.267. The SMILES string of the molecule is CC1=Cc2c(-c3cccc(C)c3C)ccc(C)c2[CH]1[Zr+2]1([CH]2C(C)=Cc3c(-c4cccc(C)c4C)ccc(C)c32)[CH2][CH2]1.[Cl-].[Cl-]. The van der Waals surface area contributed by atoms with Gasteiger partial charge in [-0.3, -0.25) is 0 Å². The Morgan fingerprint density at radius 3 is 1.23 bits per heavy atom. The number of halogens is 2. The molecule has 1 saturated heterocycles. The number of hydrogen-bond acceptors (Lipinski definition) is 0. The van der Waals surface area contributed by atoms with E-state index in [0.29, 0.717) is 7.25 Å². The van der Waals surface area contributed by atoms with Crippen LogP contribution in [0.3, 0.4) is 0 Å². The number of fused-ring (bicyclic) bond motifs is 2. The third-order valence-corrected chi connectivity index (χ3v) is 24.4. The molecule has 0 radical (unpaired) electrons. The van der Waals surface area contributed by atoms with Crippen molar-refractivity contribution in [2.75, 3.05) is 0 Å². The van der Waals surface area contributed by atoms with Crippen molar-refractivity contribution in [1.82, 2.24) is 0 Å². The van der Waals surface area contributed by atoms with Gasteiger partial charge in [0.25, 0.3) is 0 Å². The third kappa shape index (κ3) is 4.81. The predicted molar refractivity (Wildman–Crippen MR) is 175 cm³/mol. The summed E-state index contributed by atoms with van der Waals surface area (Å²) in [6.07, 6.45) is 5.19. The molecule has 43 heavy (non-hydrogen) atoms. The zero-order valence-corrected chi connectivity index (χ0v) is 30.7. The average Bonchev–Trinajstić information content (AvgIpc) is 3.51. The Hall–Kier alpha value is -2.18. The molecule has 3 aliphatic rings. The molecule has 3 heteroatoms. The van der Waals surface area contributed by atoms with E-state index in [1.807, 2.05) is 0 Å². The molecule has 0 aromatic heterocycles. The molecule has 2 atom stereocenters. The fourth-order valence-corrected chi connectivity index (χ4v) is 26.7. The van der Waals surface area contributed by atoms with Crippen LogP contribution >= 0.6 is 0 Å². The fraction of sp³-hybridized carbons (Fsp3) is 0.300. The first-order valence-corrected chi connectivity index (χ1v) is 21.7. The van der Waals surface area contributed by atoms with Crippen LogP contribution in [-0.2, 0) is 20.3 Å². The van der Waals surface area contributed by atoms with Crippen molar-refractivity contribution in [1.29, 1.82) is 0 Å². The number of rotatable bonds is 4. The minimum atomic E-state index is -2.71. The second kappa shape index (κ2) is 11.6. The second-order valence-corrected chi connectivity index (χ2v) is 24.7. The molecule has 0 saturated carbocycles. The van der Waals surface area contributed by atoms with Crippen LogP contribution in [0, 0.1) is 41.5 Å². The molecule has 1 heterocycles. The Kier molecular flexibility index (Phi) is 8.72. The van der Waals surface area contributed by atoms with Crippen LogP contribution in [0.1, 0.15) is 76.7 Å². The molecule has 1 fully saturated rings. The van der Waals surface area contributed by atoms with Crippen LogP contribution in [0.2, 0.25) is 8.26 Å². The molecule has 2 unspecified atom stereocenters. The molecule has 1 aliphatic heterocycles. The maximum absolute atomic E-state index is 2.71. The van der Waals surface area contributed by atoms with Gasteiger partial charge in [0, 0.05) is 0 Å². The van der Waals surface area contributed by atoms with Crippen molar-refractivity contribution in [2.24, 2.45) is 0 Å². The van der Waals surface area contributed by atoms with Crippen molar-refractivity contribution >= 4 is 12.2 Å². The average molecular weight is 685 g/mol. The van der Waals surface area contributed by atoms with Gasteiger partial charge in [0.1, 0.15) is 0 Å². The molecular formula is C40H42Cl2Zr. The Morgan fingerprint density at radius 1 is 0.465 bits per heavy atom. The standard InChI is InChI=1S/2C19H19.C2H4.2ClH.Zr/c2*1-12-10-18-14(3)8-9-17(19(18)11-12)16-7-5-6-13(2)15(16)4;1-2;;;/h2*5-11H,1-4H3;1-2H2;2*1H;/q;;;;;+2/p-2. The number of hydrogen-bond donors (Lipinski definition) is 0. The number of allylic oxidation sites excluding steroid dienone is 2. The zero-order chi connectivity index (χ0) is 28.8. The van der Waals surface area contributed by atoms with E-state index in [2.05, 4.69) is 128 Å². The first-order chi connectivity index (χ1) is 19.6. The van der Waals surface area contributed by atoms with Crippen LogP contribution in [0.15, 0.2) is 71.8 Å². The second-order valence-electron chi connectivity index (χ2n) is 13.4. The van der Waals surface area contributed by atoms with Gasteiger partial charge in [-0.2, -0.15) is 0 Å². The Morgan fingerprint density at radius 2 is 0.860 bits per heavy atom. The molecule has 0 N–H and O–H groups in total. The van der Waals surface area contributed by atoms with Crippen LogP contribution in [-0.4, -0.2) is 0 Å². The van der Waals surface area contributed by atoms with E-state index < -0.39 is 20.3 Å². The van der Waals surface area contributed by atoms with Gasteiger partial charge in [-0.05, 0) is 0 Å². The third-order valence-electron chi connectivity index (χ3n) is 11.0. The number of benzene rings is 4. The van der Waals surface area contributed by atoms with E-state index in [0.717, 1.165) is 0 Å². The van der Waals surface area contributed by atoms with Gasteiger partial charge >= 0.3 is 253 Å². The van der Waals surface area contributed by atoms with E-state index in [1.165, 1.54) is 75.0 Å². The van der Waals surface area contributed by atoms with Gasteiger partial charge in [-0.1, -0.05) is 0 Å². The topological polar surface area (TPSA) is 0 Å². The summed E-state index contributed by atoms with van der Waals surface area (Å²) in [5, 5.41) is 0. The van der Waals surface area contributed by atoms with E-state index in [-0.39, 0.29) is 24.8 Å². The van der Waals surface area contributed by atoms with E-state index in [9.17, 15) is 0 Å². The molecule has 0 spiro atoms. The van der Waals surface area contributed by atoms with E-state index in [1.54, 1.807) is 22.3 Å². The molecule has 0 bridgehead atoms. The van der Waals surface area contributed by atoms with Gasteiger partial charge in [0.15, 0.2) is 0 Å². The van der Waals surface area contributed by atoms with Gasteiger partial charge in [0.05, 0.1) is 0 Å². The van der Waals surface area contributed by atoms with Gasteiger partial charge in [-0.15, -0.1) is 0 Å². The Labute approximate surface area is 275 Å². The molecular weight excluding hydrogens is 643 g/mol. The molecule has 220 valence electrons. The Balaban J connectivity index is 0.00000184. The van der Waals surface area contributed by atoms with Crippen LogP contribution in [0.25, 0.3) is 34.4 Å². The van der Waals surface area contributed by atoms with Crippen LogP contribution < -0.4 is 24.8 Å². The van der Waals surface area contributed by atoms with Gasteiger partial charge in [-0.25, -0.2) is 0 Å². The van der Waals surface area contributed by atoms with Crippen molar-refractivity contribution < 1.29 is 45.1 Å². The van der Waals surface area contributed by atoms with Crippen molar-refractivity contribution in [2.45, 2.75) is 70.9 Å². The molecule has 0 nitrogen and oxygen atoms in total. The van der Waals surface area contributed by atoms with Crippen LogP contribution in [0.5, 0.6) is 0 Å². The summed E-state index contributed by atoms with van der Waals surface area (Å²) in [6, 6.07) is 23.3. The number of aryl methyl sites for hydroxylation is 4. The minimum Gasteiger partial charge on any atom is -1.00 e. The van der Waals surface area contributed by atoms with Crippen LogP contribution in [0.4, 0.5) is 0 Å². The monoisotopic (exact) mass is 682 g/mol. The maximum atomic E-state index is 2.59. The summed E-state index contributed by atoms with van der Waals surface area (Å²) in [4.78, 5) is 0. The first-order valence-electron chi connectivity index (χ1n) is 15.4. The smallest absolute Gasteiger partial charge is 1.00 e. The summed E-state index contributed by atoms with van der Waals surface area (Å²) < 4.78 is 4.35. The predicted octanol–water partition coefficient (Wildman–Crippen LogP) is 5.50. The summed E-state index contributed by atoms with van der Waals surface area (Å²) in [5.41, 5.74) is 23.9. The normalized spacial score (nSPS) is 18.3. The molecule has 4 aromatic rings. The van der Waals surface area contributed by atoms with E-state index >= 15 is 0 Å². The fourth-order valence-electron chi connectivity index (χ4n) is 8.57. The molecule has 2 aliphatic carbocycles. The first kappa shape index (κ1) is 32.2. The summed E-state index contributed by atoms with van der Waals surface area (Å²) in [7, 11) is 0. The largest absolute Gasteiger partial charge is 1.00 e. The zero-order valence-electron chi connectivity index (χ0n) is 26.8.